The summed E-state index contributed by atoms with van der Waals surface area (Å²) in [7, 11) is 3.31. The van der Waals surface area contributed by atoms with Crippen molar-refractivity contribution in [2.75, 3.05) is 19.5 Å². The molecule has 0 aromatic heterocycles. The average Bonchev–Trinajstić information content (AvgIpc) is 2.17. The van der Waals surface area contributed by atoms with Gasteiger partial charge in [0.15, 0.2) is 5.75 Å². The molecule has 1 N–H and O–H groups in total. The zero-order chi connectivity index (χ0) is 9.84. The van der Waals surface area contributed by atoms with Crippen molar-refractivity contribution in [3.8, 4) is 11.8 Å². The third-order valence-electron chi connectivity index (χ3n) is 1.69. The minimum Gasteiger partial charge on any atom is -0.494 e. The van der Waals surface area contributed by atoms with E-state index in [1.54, 1.807) is 14.2 Å². The Kier molecular flexibility index (Phi) is 3.15. The number of nitrogens with zero attached hydrogens (tertiary/aromatic N) is 1. The standard InChI is InChI=1S/C9H9BrN2O/c1-12-8-4-3-7(10)9(13-2)6(8)5-11/h3-4,12H,1-2H3. The molecule has 0 spiro atoms. The maximum absolute atomic E-state index is 8.90. The van der Waals surface area contributed by atoms with E-state index in [1.807, 2.05) is 12.1 Å². The quantitative estimate of drug-likeness (QED) is 0.864. The first-order valence-electron chi connectivity index (χ1n) is 3.69. The Bertz CT molecular complexity index is 357. The van der Waals surface area contributed by atoms with E-state index < -0.39 is 0 Å². The Morgan fingerprint density at radius 2 is 2.23 bits per heavy atom. The zero-order valence-electron chi connectivity index (χ0n) is 7.39. The van der Waals surface area contributed by atoms with E-state index in [0.717, 1.165) is 10.2 Å². The summed E-state index contributed by atoms with van der Waals surface area (Å²) in [6.45, 7) is 0. The summed E-state index contributed by atoms with van der Waals surface area (Å²) in [4.78, 5) is 0. The highest BCUT2D eigenvalue weighted by atomic mass is 79.9. The number of benzene rings is 1. The average molecular weight is 241 g/mol. The van der Waals surface area contributed by atoms with E-state index in [4.69, 9.17) is 10.00 Å². The number of ether oxygens (including phenoxy) is 1. The number of rotatable bonds is 2. The van der Waals surface area contributed by atoms with Crippen LogP contribution in [0.15, 0.2) is 16.6 Å². The SMILES string of the molecule is CNc1ccc(Br)c(OC)c1C#N. The van der Waals surface area contributed by atoms with Crippen molar-refractivity contribution < 1.29 is 4.74 Å². The van der Waals surface area contributed by atoms with Gasteiger partial charge in [-0.15, -0.1) is 0 Å². The molecule has 13 heavy (non-hydrogen) atoms. The summed E-state index contributed by atoms with van der Waals surface area (Å²) in [6.07, 6.45) is 0. The molecule has 0 aliphatic heterocycles. The summed E-state index contributed by atoms with van der Waals surface area (Å²) in [6, 6.07) is 5.75. The van der Waals surface area contributed by atoms with Crippen LogP contribution in [0.4, 0.5) is 5.69 Å². The summed E-state index contributed by atoms with van der Waals surface area (Å²) in [5.74, 6) is 0.564. The van der Waals surface area contributed by atoms with Crippen LogP contribution in [-0.4, -0.2) is 14.2 Å². The second-order valence-corrected chi connectivity index (χ2v) is 3.22. The third kappa shape index (κ3) is 1.76. The number of hydrogen-bond donors (Lipinski definition) is 1. The van der Waals surface area contributed by atoms with Gasteiger partial charge < -0.3 is 10.1 Å². The lowest BCUT2D eigenvalue weighted by molar-refractivity contribution is 0.411. The predicted octanol–water partition coefficient (Wildman–Crippen LogP) is 2.37. The molecule has 3 nitrogen and oxygen atoms in total. The molecule has 0 aliphatic rings. The fraction of sp³-hybridized carbons (Fsp3) is 0.222. The van der Waals surface area contributed by atoms with Crippen LogP contribution in [0.2, 0.25) is 0 Å². The van der Waals surface area contributed by atoms with Gasteiger partial charge >= 0.3 is 0 Å². The molecule has 0 amide bonds. The minimum atomic E-state index is 0.513. The molecule has 0 bridgehead atoms. The monoisotopic (exact) mass is 240 g/mol. The van der Waals surface area contributed by atoms with Crippen LogP contribution in [0.1, 0.15) is 5.56 Å². The smallest absolute Gasteiger partial charge is 0.152 e. The Balaban J connectivity index is 3.39. The van der Waals surface area contributed by atoms with Crippen molar-refractivity contribution in [3.05, 3.63) is 22.2 Å². The maximum atomic E-state index is 8.90. The lowest BCUT2D eigenvalue weighted by Gasteiger charge is -2.09. The molecule has 0 radical (unpaired) electrons. The second-order valence-electron chi connectivity index (χ2n) is 2.36. The largest absolute Gasteiger partial charge is 0.494 e. The molecule has 0 atom stereocenters. The van der Waals surface area contributed by atoms with Gasteiger partial charge in [-0.2, -0.15) is 5.26 Å². The van der Waals surface area contributed by atoms with E-state index in [1.165, 1.54) is 0 Å². The summed E-state index contributed by atoms with van der Waals surface area (Å²) in [5, 5.41) is 11.8. The lowest BCUT2D eigenvalue weighted by atomic mass is 10.2. The third-order valence-corrected chi connectivity index (χ3v) is 2.32. The van der Waals surface area contributed by atoms with Crippen LogP contribution in [0.3, 0.4) is 0 Å². The van der Waals surface area contributed by atoms with Crippen LogP contribution >= 0.6 is 15.9 Å². The second kappa shape index (κ2) is 4.15. The van der Waals surface area contributed by atoms with Crippen molar-refractivity contribution in [1.29, 1.82) is 5.26 Å². The summed E-state index contributed by atoms with van der Waals surface area (Å²) >= 11 is 3.31. The summed E-state index contributed by atoms with van der Waals surface area (Å²) in [5.41, 5.74) is 1.28. The van der Waals surface area contributed by atoms with E-state index in [0.29, 0.717) is 11.3 Å². The minimum absolute atomic E-state index is 0.513. The molecule has 4 heteroatoms. The fourth-order valence-corrected chi connectivity index (χ4v) is 1.57. The molecule has 0 fully saturated rings. The van der Waals surface area contributed by atoms with E-state index in [2.05, 4.69) is 27.3 Å². The molecular formula is C9H9BrN2O. The van der Waals surface area contributed by atoms with Gasteiger partial charge in [-0.25, -0.2) is 0 Å². The van der Waals surface area contributed by atoms with E-state index in [9.17, 15) is 0 Å². The molecule has 68 valence electrons. The number of nitriles is 1. The molecule has 0 heterocycles. The molecule has 1 aromatic rings. The number of nitrogens with one attached hydrogen (secondary N) is 1. The van der Waals surface area contributed by atoms with Crippen LogP contribution in [-0.2, 0) is 0 Å². The van der Waals surface area contributed by atoms with Crippen LogP contribution < -0.4 is 10.1 Å². The van der Waals surface area contributed by atoms with Gasteiger partial charge in [0.25, 0.3) is 0 Å². The molecule has 0 unspecified atom stereocenters. The first-order chi connectivity index (χ1) is 6.24. The van der Waals surface area contributed by atoms with Crippen LogP contribution in [0.25, 0.3) is 0 Å². The molecule has 0 saturated carbocycles. The van der Waals surface area contributed by atoms with Gasteiger partial charge in [-0.1, -0.05) is 0 Å². The topological polar surface area (TPSA) is 45.0 Å². The molecular weight excluding hydrogens is 232 g/mol. The molecule has 1 rings (SSSR count). The number of anilines is 1. The number of halogens is 1. The maximum Gasteiger partial charge on any atom is 0.152 e. The van der Waals surface area contributed by atoms with Crippen molar-refractivity contribution in [3.63, 3.8) is 0 Å². The highest BCUT2D eigenvalue weighted by Crippen LogP contribution is 2.33. The highest BCUT2D eigenvalue weighted by molar-refractivity contribution is 9.10. The number of methoxy groups -OCH3 is 1. The van der Waals surface area contributed by atoms with Gasteiger partial charge in [-0.3, -0.25) is 0 Å². The summed E-state index contributed by atoms with van der Waals surface area (Å²) < 4.78 is 5.88. The zero-order valence-corrected chi connectivity index (χ0v) is 8.97. The Morgan fingerprint density at radius 1 is 1.54 bits per heavy atom. The van der Waals surface area contributed by atoms with E-state index >= 15 is 0 Å². The first-order valence-corrected chi connectivity index (χ1v) is 4.48. The Labute approximate surface area is 85.4 Å². The predicted molar refractivity (Wildman–Crippen MR) is 55.0 cm³/mol. The van der Waals surface area contributed by atoms with Crippen LogP contribution in [0.5, 0.6) is 5.75 Å². The van der Waals surface area contributed by atoms with Crippen molar-refractivity contribution in [2.24, 2.45) is 0 Å². The van der Waals surface area contributed by atoms with Crippen molar-refractivity contribution >= 4 is 21.6 Å². The van der Waals surface area contributed by atoms with Gasteiger partial charge in [0.1, 0.15) is 11.6 Å². The van der Waals surface area contributed by atoms with Gasteiger partial charge in [0.05, 0.1) is 17.3 Å². The highest BCUT2D eigenvalue weighted by Gasteiger charge is 2.10. The van der Waals surface area contributed by atoms with Gasteiger partial charge in [0, 0.05) is 7.05 Å². The van der Waals surface area contributed by atoms with E-state index in [-0.39, 0.29) is 0 Å². The van der Waals surface area contributed by atoms with Crippen molar-refractivity contribution in [2.45, 2.75) is 0 Å². The molecule has 0 aliphatic carbocycles. The number of hydrogen-bond acceptors (Lipinski definition) is 3. The van der Waals surface area contributed by atoms with Gasteiger partial charge in [-0.05, 0) is 28.1 Å². The van der Waals surface area contributed by atoms with Crippen molar-refractivity contribution in [1.82, 2.24) is 0 Å². The van der Waals surface area contributed by atoms with Gasteiger partial charge in [0.2, 0.25) is 0 Å². The molecule has 0 saturated heterocycles. The van der Waals surface area contributed by atoms with Crippen LogP contribution in [0, 0.1) is 11.3 Å². The molecule has 1 aromatic carbocycles. The first kappa shape index (κ1) is 9.87. The lowest BCUT2D eigenvalue weighted by Crippen LogP contribution is -1.96. The Hall–Kier alpha value is -1.21. The normalized spacial score (nSPS) is 9.08. The fourth-order valence-electron chi connectivity index (χ4n) is 1.08. The Morgan fingerprint density at radius 3 is 2.69 bits per heavy atom.